The number of Topliss-reactive ketones (excluding diaryl/α,β-unsaturated/α-hetero) is 1. The Hall–Kier alpha value is -6.07. The van der Waals surface area contributed by atoms with Crippen LogP contribution in [-0.2, 0) is 30.5 Å². The van der Waals surface area contributed by atoms with Crippen molar-refractivity contribution in [3.05, 3.63) is 125 Å². The third-order valence-electron chi connectivity index (χ3n) is 12.7. The highest BCUT2D eigenvalue weighted by molar-refractivity contribution is 5.87. The van der Waals surface area contributed by atoms with Crippen LogP contribution in [0.3, 0.4) is 0 Å². The van der Waals surface area contributed by atoms with Crippen molar-refractivity contribution >= 4 is 22.2 Å². The fourth-order valence-electron chi connectivity index (χ4n) is 9.96. The van der Waals surface area contributed by atoms with E-state index in [0.717, 1.165) is 70.4 Å². The molecule has 1 aromatic heterocycles. The molecule has 1 fully saturated rings. The van der Waals surface area contributed by atoms with E-state index in [1.54, 1.807) is 24.3 Å². The summed E-state index contributed by atoms with van der Waals surface area (Å²) in [5.41, 5.74) is 4.81. The van der Waals surface area contributed by atoms with Crippen LogP contribution in [0.15, 0.2) is 103 Å². The Morgan fingerprint density at radius 3 is 2.66 bits per heavy atom. The van der Waals surface area contributed by atoms with E-state index in [2.05, 4.69) is 33.8 Å². The van der Waals surface area contributed by atoms with Crippen molar-refractivity contribution < 1.29 is 39.8 Å². The molecule has 4 atom stereocenters. The third-order valence-corrected chi connectivity index (χ3v) is 12.7. The SMILES string of the molecule is COc1cc(CCC(=O)[C@H]([C@H](O)CCc2ccc(O)c3c2CCCO3)[C@@]2(C3=CCNC(Nc4ccc5cc(O)ccc5c4)=C3)CCC[C@H]2Cc2ccc[nH]2)cc(O)c1O. The summed E-state index contributed by atoms with van der Waals surface area (Å²) in [6.45, 7) is 1.06. The monoisotopic (exact) mass is 799 g/mol. The van der Waals surface area contributed by atoms with Crippen LogP contribution in [0, 0.1) is 17.3 Å². The molecule has 0 spiro atoms. The van der Waals surface area contributed by atoms with Gasteiger partial charge < -0.3 is 50.6 Å². The predicted molar refractivity (Wildman–Crippen MR) is 227 cm³/mol. The number of phenolic OH excluding ortho intramolecular Hbond substituents is 4. The molecule has 0 radical (unpaired) electrons. The van der Waals surface area contributed by atoms with Gasteiger partial charge >= 0.3 is 0 Å². The minimum absolute atomic E-state index is 0.0209. The van der Waals surface area contributed by atoms with Crippen LogP contribution >= 0.6 is 0 Å². The van der Waals surface area contributed by atoms with E-state index in [-0.39, 0.29) is 53.3 Å². The Bertz CT molecular complexity index is 2390. The molecule has 11 heteroatoms. The normalized spacial score (nSPS) is 19.8. The van der Waals surface area contributed by atoms with E-state index in [4.69, 9.17) is 9.47 Å². The Balaban J connectivity index is 1.17. The number of rotatable bonds is 15. The second-order valence-electron chi connectivity index (χ2n) is 16.2. The number of hydrogen-bond donors (Lipinski definition) is 8. The average molecular weight is 800 g/mol. The van der Waals surface area contributed by atoms with E-state index in [1.165, 1.54) is 13.2 Å². The second kappa shape index (κ2) is 17.0. The van der Waals surface area contributed by atoms with E-state index in [1.807, 2.05) is 42.6 Å². The van der Waals surface area contributed by atoms with Gasteiger partial charge in [0.25, 0.3) is 0 Å². The van der Waals surface area contributed by atoms with Crippen molar-refractivity contribution in [3.8, 4) is 34.5 Å². The second-order valence-corrected chi connectivity index (χ2v) is 16.2. The summed E-state index contributed by atoms with van der Waals surface area (Å²) in [6, 6.07) is 22.0. The van der Waals surface area contributed by atoms with Crippen molar-refractivity contribution in [1.29, 1.82) is 0 Å². The number of H-pyrrole nitrogens is 1. The van der Waals surface area contributed by atoms with Gasteiger partial charge in [-0.1, -0.05) is 30.7 Å². The topological polar surface area (TPSA) is 177 Å². The number of carbonyl (C=O) groups excluding carboxylic acids is 1. The average Bonchev–Trinajstić information content (AvgIpc) is 3.92. The molecule has 0 bridgehead atoms. The summed E-state index contributed by atoms with van der Waals surface area (Å²) in [6.07, 6.45) is 11.2. The number of aryl methyl sites for hydroxylation is 2. The lowest BCUT2D eigenvalue weighted by atomic mass is 9.58. The van der Waals surface area contributed by atoms with Gasteiger partial charge in [0.1, 0.15) is 17.4 Å². The maximum Gasteiger partial charge on any atom is 0.200 e. The lowest BCUT2D eigenvalue weighted by Gasteiger charge is -2.46. The number of fused-ring (bicyclic) bond motifs is 2. The fourth-order valence-corrected chi connectivity index (χ4v) is 9.96. The molecule has 1 aliphatic carbocycles. The molecule has 0 amide bonds. The highest BCUT2D eigenvalue weighted by Gasteiger charge is 2.55. The first-order valence-corrected chi connectivity index (χ1v) is 20.7. The smallest absolute Gasteiger partial charge is 0.200 e. The maximum atomic E-state index is 15.2. The fraction of sp³-hybridized carbons (Fsp3) is 0.354. The number of aliphatic hydroxyl groups excluding tert-OH is 1. The number of benzene rings is 4. The number of aliphatic hydroxyl groups is 1. The van der Waals surface area contributed by atoms with Crippen LogP contribution in [0.1, 0.15) is 60.9 Å². The van der Waals surface area contributed by atoms with E-state index < -0.39 is 17.4 Å². The molecule has 0 saturated heterocycles. The zero-order valence-corrected chi connectivity index (χ0v) is 33.3. The highest BCUT2D eigenvalue weighted by Crippen LogP contribution is 2.58. The summed E-state index contributed by atoms with van der Waals surface area (Å²) in [7, 11) is 1.41. The molecule has 1 saturated carbocycles. The number of methoxy groups -OCH3 is 1. The minimum atomic E-state index is -1.01. The summed E-state index contributed by atoms with van der Waals surface area (Å²) in [5, 5.41) is 63.0. The minimum Gasteiger partial charge on any atom is -0.508 e. The molecule has 308 valence electrons. The lowest BCUT2D eigenvalue weighted by molar-refractivity contribution is -0.133. The Morgan fingerprint density at radius 1 is 0.983 bits per heavy atom. The predicted octanol–water partition coefficient (Wildman–Crippen LogP) is 7.95. The number of dihydropyridines is 1. The standard InChI is InChI=1S/C48H53N3O8/c1-58-43-24-29(23-42(56)46(43)57)8-15-39(53)45(40(54)16-11-30-12-17-41(55)47-38(30)7-4-22-59-47)48(19-2-5-33(48)27-35-6-3-20-49-35)34-18-21-50-44(28-34)51-36-13-9-32-26-37(52)14-10-31(32)25-36/h3,6,9-10,12-14,17-18,20,23-26,28,33,40,45,49-52,54-57H,2,4-5,7-8,11,15-16,19,21-22,27H2,1H3/t33-,40+,45+,48-/m0/s1. The molecule has 0 unspecified atom stereocenters. The molecule has 8 N–H and O–H groups in total. The highest BCUT2D eigenvalue weighted by atomic mass is 16.5. The van der Waals surface area contributed by atoms with Crippen LogP contribution < -0.4 is 20.1 Å². The number of aromatic amines is 1. The van der Waals surface area contributed by atoms with Gasteiger partial charge in [0, 0.05) is 41.5 Å². The van der Waals surface area contributed by atoms with Crippen molar-refractivity contribution in [2.45, 2.75) is 70.3 Å². The molecule has 4 aromatic carbocycles. The van der Waals surface area contributed by atoms with Gasteiger partial charge in [0.05, 0.1) is 25.7 Å². The number of nitrogens with one attached hydrogen (secondary N) is 3. The molecule has 11 nitrogen and oxygen atoms in total. The zero-order valence-electron chi connectivity index (χ0n) is 33.3. The first-order valence-electron chi connectivity index (χ1n) is 20.7. The number of hydrogen-bond acceptors (Lipinski definition) is 10. The van der Waals surface area contributed by atoms with Crippen molar-refractivity contribution in [1.82, 2.24) is 10.3 Å². The van der Waals surface area contributed by atoms with E-state index in [9.17, 15) is 25.5 Å². The number of aromatic hydroxyl groups is 4. The van der Waals surface area contributed by atoms with Gasteiger partial charge in [-0.15, -0.1) is 0 Å². The van der Waals surface area contributed by atoms with Crippen molar-refractivity contribution in [2.24, 2.45) is 17.3 Å². The van der Waals surface area contributed by atoms with Gasteiger partial charge in [-0.05, 0) is 145 Å². The first kappa shape index (κ1) is 39.7. The molecule has 3 heterocycles. The quantitative estimate of drug-likeness (QED) is 0.0485. The third kappa shape index (κ3) is 8.16. The first-order chi connectivity index (χ1) is 28.6. The molecule has 5 aromatic rings. The summed E-state index contributed by atoms with van der Waals surface area (Å²) in [4.78, 5) is 18.6. The van der Waals surface area contributed by atoms with Crippen LogP contribution in [0.5, 0.6) is 34.5 Å². The van der Waals surface area contributed by atoms with E-state index in [0.29, 0.717) is 50.1 Å². The van der Waals surface area contributed by atoms with Crippen LogP contribution in [0.25, 0.3) is 10.8 Å². The molecule has 2 aliphatic heterocycles. The van der Waals surface area contributed by atoms with Crippen LogP contribution in [0.4, 0.5) is 5.69 Å². The van der Waals surface area contributed by atoms with Crippen molar-refractivity contribution in [2.75, 3.05) is 25.6 Å². The largest absolute Gasteiger partial charge is 0.508 e. The van der Waals surface area contributed by atoms with E-state index >= 15 is 4.79 Å². The Morgan fingerprint density at radius 2 is 1.83 bits per heavy atom. The van der Waals surface area contributed by atoms with Gasteiger partial charge in [0.2, 0.25) is 5.75 Å². The molecule has 8 rings (SSSR count). The van der Waals surface area contributed by atoms with Crippen molar-refractivity contribution in [3.63, 3.8) is 0 Å². The molecule has 59 heavy (non-hydrogen) atoms. The zero-order chi connectivity index (χ0) is 41.1. The number of carbonyl (C=O) groups is 1. The summed E-state index contributed by atoms with van der Waals surface area (Å²) >= 11 is 0. The number of anilines is 1. The summed E-state index contributed by atoms with van der Waals surface area (Å²) < 4.78 is 11.2. The number of aromatic nitrogens is 1. The molecular formula is C48H53N3O8. The van der Waals surface area contributed by atoms with Gasteiger partial charge in [-0.25, -0.2) is 0 Å². The lowest BCUT2D eigenvalue weighted by Crippen LogP contribution is -2.48. The maximum absolute atomic E-state index is 15.2. The van der Waals surface area contributed by atoms with Gasteiger partial charge in [-0.2, -0.15) is 0 Å². The number of ketones is 1. The molecular weight excluding hydrogens is 747 g/mol. The number of phenols is 4. The Kier molecular flexibility index (Phi) is 11.5. The van der Waals surface area contributed by atoms with Crippen LogP contribution in [0.2, 0.25) is 0 Å². The number of ether oxygens (including phenoxy) is 2. The van der Waals surface area contributed by atoms with Gasteiger partial charge in [0.15, 0.2) is 23.0 Å². The Labute approximate surface area is 344 Å². The van der Waals surface area contributed by atoms with Crippen LogP contribution in [-0.4, -0.2) is 62.7 Å². The van der Waals surface area contributed by atoms with Gasteiger partial charge in [-0.3, -0.25) is 4.79 Å². The summed E-state index contributed by atoms with van der Waals surface area (Å²) in [5.74, 6) is 0.238. The number of allylic oxidation sites excluding steroid dienone is 2. The molecule has 3 aliphatic rings.